The number of anilines is 1. The Balaban J connectivity index is 2.18. The van der Waals surface area contributed by atoms with E-state index in [1.165, 1.54) is 18.7 Å². The van der Waals surface area contributed by atoms with Crippen molar-refractivity contribution in [3.05, 3.63) is 56.7 Å². The maximum absolute atomic E-state index is 12.7. The van der Waals surface area contributed by atoms with Gasteiger partial charge in [0.2, 0.25) is 5.95 Å². The molecule has 0 spiro atoms. The summed E-state index contributed by atoms with van der Waals surface area (Å²) in [6.07, 6.45) is -0.870. The molecule has 26 heavy (non-hydrogen) atoms. The van der Waals surface area contributed by atoms with Crippen LogP contribution in [-0.2, 0) is 20.6 Å². The third kappa shape index (κ3) is 3.02. The molecule has 1 atom stereocenters. The first kappa shape index (κ1) is 17.9. The molecular formula is C17H21N5O4. The van der Waals surface area contributed by atoms with E-state index in [-0.39, 0.29) is 30.9 Å². The van der Waals surface area contributed by atoms with Crippen LogP contribution in [0, 0.1) is 0 Å². The molecule has 3 N–H and O–H groups in total. The fourth-order valence-electron chi connectivity index (χ4n) is 2.88. The molecule has 2 heterocycles. The van der Waals surface area contributed by atoms with Crippen LogP contribution in [0.25, 0.3) is 11.2 Å². The SMILES string of the molecule is Cn1c(=O)c2c(nc(NCCO)n2C[C@@H](O)c2ccccc2)n(C)c1=O. The normalized spacial score (nSPS) is 12.5. The molecule has 0 amide bonds. The van der Waals surface area contributed by atoms with Crippen molar-refractivity contribution in [3.63, 3.8) is 0 Å². The second-order valence-corrected chi connectivity index (χ2v) is 6.00. The molecule has 138 valence electrons. The molecule has 0 saturated heterocycles. The first-order chi connectivity index (χ1) is 12.5. The van der Waals surface area contributed by atoms with Crippen LogP contribution in [0.5, 0.6) is 0 Å². The Hall–Kier alpha value is -2.91. The lowest BCUT2D eigenvalue weighted by atomic mass is 10.1. The Morgan fingerprint density at radius 1 is 1.15 bits per heavy atom. The van der Waals surface area contributed by atoms with Gasteiger partial charge in [-0.3, -0.25) is 13.9 Å². The molecule has 0 unspecified atom stereocenters. The van der Waals surface area contributed by atoms with E-state index in [2.05, 4.69) is 10.3 Å². The first-order valence-corrected chi connectivity index (χ1v) is 8.19. The second-order valence-electron chi connectivity index (χ2n) is 6.00. The Morgan fingerprint density at radius 2 is 1.85 bits per heavy atom. The van der Waals surface area contributed by atoms with Crippen molar-refractivity contribution in [2.24, 2.45) is 14.1 Å². The maximum Gasteiger partial charge on any atom is 0.332 e. The van der Waals surface area contributed by atoms with Crippen LogP contribution in [-0.4, -0.2) is 42.0 Å². The molecular weight excluding hydrogens is 338 g/mol. The number of aliphatic hydroxyl groups is 2. The Labute approximate surface area is 148 Å². The van der Waals surface area contributed by atoms with Gasteiger partial charge in [-0.25, -0.2) is 4.79 Å². The summed E-state index contributed by atoms with van der Waals surface area (Å²) in [4.78, 5) is 29.1. The maximum atomic E-state index is 12.7. The van der Waals surface area contributed by atoms with E-state index >= 15 is 0 Å². The minimum absolute atomic E-state index is 0.0711. The van der Waals surface area contributed by atoms with Crippen LogP contribution in [0.2, 0.25) is 0 Å². The summed E-state index contributed by atoms with van der Waals surface area (Å²) in [6, 6.07) is 9.07. The van der Waals surface area contributed by atoms with Crippen molar-refractivity contribution in [1.82, 2.24) is 18.7 Å². The summed E-state index contributed by atoms with van der Waals surface area (Å²) in [5.74, 6) is 0.308. The van der Waals surface area contributed by atoms with Gasteiger partial charge >= 0.3 is 5.69 Å². The summed E-state index contributed by atoms with van der Waals surface area (Å²) in [7, 11) is 2.93. The predicted octanol–water partition coefficient (Wildman–Crippen LogP) is -0.429. The van der Waals surface area contributed by atoms with Crippen LogP contribution >= 0.6 is 0 Å². The standard InChI is InChI=1S/C17H21N5O4/c1-20-14-13(15(25)21(2)17(20)26)22(16(19-14)18-8-9-23)10-12(24)11-6-4-3-5-7-11/h3-7,12,23-24H,8-10H2,1-2H3,(H,18,19)/t12-/m1/s1. The molecule has 1 aromatic carbocycles. The zero-order chi connectivity index (χ0) is 18.8. The highest BCUT2D eigenvalue weighted by atomic mass is 16.3. The van der Waals surface area contributed by atoms with E-state index in [0.29, 0.717) is 11.5 Å². The number of hydrogen-bond acceptors (Lipinski definition) is 6. The van der Waals surface area contributed by atoms with Crippen molar-refractivity contribution >= 4 is 17.1 Å². The van der Waals surface area contributed by atoms with E-state index in [1.807, 2.05) is 18.2 Å². The largest absolute Gasteiger partial charge is 0.395 e. The summed E-state index contributed by atoms with van der Waals surface area (Å²) in [5, 5.41) is 22.6. The molecule has 9 nitrogen and oxygen atoms in total. The minimum atomic E-state index is -0.870. The van der Waals surface area contributed by atoms with E-state index in [1.54, 1.807) is 16.7 Å². The fraction of sp³-hybridized carbons (Fsp3) is 0.353. The number of benzene rings is 1. The third-order valence-corrected chi connectivity index (χ3v) is 4.28. The number of rotatable bonds is 6. The van der Waals surface area contributed by atoms with Crippen molar-refractivity contribution in [1.29, 1.82) is 0 Å². The Morgan fingerprint density at radius 3 is 2.50 bits per heavy atom. The van der Waals surface area contributed by atoms with E-state index < -0.39 is 17.4 Å². The average molecular weight is 359 g/mol. The minimum Gasteiger partial charge on any atom is -0.395 e. The second kappa shape index (κ2) is 7.14. The van der Waals surface area contributed by atoms with Gasteiger partial charge in [0.15, 0.2) is 11.2 Å². The predicted molar refractivity (Wildman–Crippen MR) is 97.2 cm³/mol. The van der Waals surface area contributed by atoms with Gasteiger partial charge in [-0.2, -0.15) is 4.98 Å². The lowest BCUT2D eigenvalue weighted by Gasteiger charge is -2.15. The number of nitrogens with one attached hydrogen (secondary N) is 1. The number of aryl methyl sites for hydroxylation is 1. The summed E-state index contributed by atoms with van der Waals surface area (Å²) in [6.45, 7) is 0.169. The molecule has 0 bridgehead atoms. The van der Waals surface area contributed by atoms with E-state index in [4.69, 9.17) is 5.11 Å². The number of aliphatic hydroxyl groups excluding tert-OH is 2. The quantitative estimate of drug-likeness (QED) is 0.550. The number of hydrogen-bond donors (Lipinski definition) is 3. The number of imidazole rings is 1. The van der Waals surface area contributed by atoms with Gasteiger partial charge in [0.25, 0.3) is 5.56 Å². The molecule has 3 aromatic rings. The van der Waals surface area contributed by atoms with Crippen molar-refractivity contribution in [3.8, 4) is 0 Å². The van der Waals surface area contributed by atoms with Crippen LogP contribution < -0.4 is 16.6 Å². The molecule has 2 aromatic heterocycles. The first-order valence-electron chi connectivity index (χ1n) is 8.19. The van der Waals surface area contributed by atoms with Crippen molar-refractivity contribution in [2.45, 2.75) is 12.6 Å². The average Bonchev–Trinajstić information content (AvgIpc) is 3.02. The van der Waals surface area contributed by atoms with Gasteiger partial charge in [0.1, 0.15) is 0 Å². The highest BCUT2D eigenvalue weighted by Gasteiger charge is 2.21. The van der Waals surface area contributed by atoms with Crippen LogP contribution in [0.4, 0.5) is 5.95 Å². The zero-order valence-corrected chi connectivity index (χ0v) is 14.6. The topological polar surface area (TPSA) is 114 Å². The van der Waals surface area contributed by atoms with Gasteiger partial charge < -0.3 is 20.1 Å². The van der Waals surface area contributed by atoms with Gasteiger partial charge in [0, 0.05) is 20.6 Å². The molecule has 0 aliphatic heterocycles. The van der Waals surface area contributed by atoms with Gasteiger partial charge in [-0.1, -0.05) is 30.3 Å². The lowest BCUT2D eigenvalue weighted by molar-refractivity contribution is 0.158. The zero-order valence-electron chi connectivity index (χ0n) is 14.6. The highest BCUT2D eigenvalue weighted by Crippen LogP contribution is 2.21. The summed E-state index contributed by atoms with van der Waals surface area (Å²) >= 11 is 0. The number of aromatic nitrogens is 4. The fourth-order valence-corrected chi connectivity index (χ4v) is 2.88. The molecule has 0 radical (unpaired) electrons. The Kier molecular flexibility index (Phi) is 4.92. The molecule has 3 rings (SSSR count). The molecule has 0 aliphatic rings. The summed E-state index contributed by atoms with van der Waals surface area (Å²) < 4.78 is 3.84. The molecule has 0 saturated carbocycles. The van der Waals surface area contributed by atoms with Gasteiger partial charge in [0.05, 0.1) is 19.3 Å². The number of nitrogens with zero attached hydrogens (tertiary/aromatic N) is 4. The van der Waals surface area contributed by atoms with E-state index in [9.17, 15) is 14.7 Å². The number of fused-ring (bicyclic) bond motifs is 1. The van der Waals surface area contributed by atoms with Gasteiger partial charge in [-0.05, 0) is 5.56 Å². The third-order valence-electron chi connectivity index (χ3n) is 4.28. The van der Waals surface area contributed by atoms with Gasteiger partial charge in [-0.15, -0.1) is 0 Å². The summed E-state index contributed by atoms with van der Waals surface area (Å²) in [5.41, 5.74) is 0.158. The van der Waals surface area contributed by atoms with Crippen molar-refractivity contribution < 1.29 is 10.2 Å². The van der Waals surface area contributed by atoms with Crippen LogP contribution in [0.3, 0.4) is 0 Å². The molecule has 0 fully saturated rings. The highest BCUT2D eigenvalue weighted by molar-refractivity contribution is 5.74. The lowest BCUT2D eigenvalue weighted by Crippen LogP contribution is -2.37. The Bertz CT molecular complexity index is 1040. The smallest absolute Gasteiger partial charge is 0.332 e. The van der Waals surface area contributed by atoms with Crippen LogP contribution in [0.15, 0.2) is 39.9 Å². The van der Waals surface area contributed by atoms with Crippen LogP contribution in [0.1, 0.15) is 11.7 Å². The molecule has 0 aliphatic carbocycles. The molecule has 9 heteroatoms. The van der Waals surface area contributed by atoms with Crippen molar-refractivity contribution in [2.75, 3.05) is 18.5 Å². The monoisotopic (exact) mass is 359 g/mol. The van der Waals surface area contributed by atoms with E-state index in [0.717, 1.165) is 4.57 Å².